The van der Waals surface area contributed by atoms with Gasteiger partial charge >= 0.3 is 12.1 Å². The molecule has 4 rings (SSSR count). The number of urea groups is 2. The summed E-state index contributed by atoms with van der Waals surface area (Å²) >= 11 is 1.47. The lowest BCUT2D eigenvalue weighted by Crippen LogP contribution is -2.59. The van der Waals surface area contributed by atoms with E-state index in [9.17, 15) is 27.9 Å². The van der Waals surface area contributed by atoms with Crippen molar-refractivity contribution in [1.82, 2.24) is 29.7 Å². The Hall–Kier alpha value is -4.25. The highest BCUT2D eigenvalue weighted by Crippen LogP contribution is 2.23. The first-order chi connectivity index (χ1) is 23.3. The number of rotatable bonds is 17. The molecule has 3 aromatic rings. The molecule has 1 aromatic heterocycles. The van der Waals surface area contributed by atoms with E-state index in [-0.39, 0.29) is 50.0 Å². The number of amides is 5. The third-order valence-electron chi connectivity index (χ3n) is 8.04. The first-order valence-electron chi connectivity index (χ1n) is 15.9. The number of ether oxygens (including phenoxy) is 1. The smallest absolute Gasteiger partial charge is 0.321 e. The quantitative estimate of drug-likeness (QED) is 0.164. The summed E-state index contributed by atoms with van der Waals surface area (Å²) in [6, 6.07) is 11.7. The van der Waals surface area contributed by atoms with Crippen molar-refractivity contribution < 1.29 is 32.6 Å². The number of nitrogens with one attached hydrogen (secondary N) is 2. The topological polar surface area (TPSA) is 188 Å². The highest BCUT2D eigenvalue weighted by Gasteiger charge is 2.39. The van der Waals surface area contributed by atoms with E-state index in [1.54, 1.807) is 17.0 Å². The van der Waals surface area contributed by atoms with E-state index in [2.05, 4.69) is 15.6 Å². The van der Waals surface area contributed by atoms with Crippen LogP contribution in [0.25, 0.3) is 0 Å². The zero-order valence-corrected chi connectivity index (χ0v) is 29.7. The van der Waals surface area contributed by atoms with Gasteiger partial charge in [-0.1, -0.05) is 44.2 Å². The number of carbonyl (C=O) groups excluding carboxylic acids is 3. The molecule has 1 saturated heterocycles. The molecular formula is C33H45N7O7S2. The van der Waals surface area contributed by atoms with Gasteiger partial charge in [0.05, 0.1) is 41.4 Å². The number of aryl methyl sites for hydroxylation is 1. The molecular weight excluding hydrogens is 671 g/mol. The zero-order chi connectivity index (χ0) is 35.7. The Balaban J connectivity index is 1.59. The first-order valence-corrected chi connectivity index (χ1v) is 18.3. The number of hydrogen-bond donors (Lipinski definition) is 4. The monoisotopic (exact) mass is 715 g/mol. The SMILES string of the molecule is COc1ccc(S(=O)(=O)N(CC(C)C)C[C@@H](O)[C@H](Cc2ccccc2)NC(=O)[C@H](CNC(N)=O)N2CCN(Cc3csc(C)n3)C2=O)cc1. The van der Waals surface area contributed by atoms with Crippen LogP contribution in [0.5, 0.6) is 5.75 Å². The molecule has 0 aliphatic carbocycles. The normalized spacial score (nSPS) is 15.4. The van der Waals surface area contributed by atoms with Crippen molar-refractivity contribution in [3.8, 4) is 5.75 Å². The number of sulfonamides is 1. The summed E-state index contributed by atoms with van der Waals surface area (Å²) < 4.78 is 34.0. The van der Waals surface area contributed by atoms with Crippen LogP contribution in [0, 0.1) is 12.8 Å². The molecule has 14 nitrogen and oxygen atoms in total. The van der Waals surface area contributed by atoms with E-state index >= 15 is 0 Å². The summed E-state index contributed by atoms with van der Waals surface area (Å²) in [6.07, 6.45) is -1.20. The number of methoxy groups -OCH3 is 1. The number of benzene rings is 2. The molecule has 1 aliphatic heterocycles. The van der Waals surface area contributed by atoms with Gasteiger partial charge in [0.1, 0.15) is 11.8 Å². The molecule has 16 heteroatoms. The summed E-state index contributed by atoms with van der Waals surface area (Å²) in [5.74, 6) is -0.218. The standard InChI is InChI=1S/C33H45N7O7S2/c1-22(2)18-39(49(45,46)27-12-10-26(47-4)11-13-27)20-30(41)28(16-24-8-6-5-7-9-24)37-31(42)29(17-35-32(34)43)40-15-14-38(33(40)44)19-25-21-48-23(3)36-25/h5-13,21-22,28-30,41H,14-20H2,1-4H3,(H,37,42)(H3,34,35,43)/t28-,29-,30+/m0/s1. The number of nitrogens with zero attached hydrogens (tertiary/aromatic N) is 4. The second-order valence-corrected chi connectivity index (χ2v) is 15.3. The van der Waals surface area contributed by atoms with Crippen LogP contribution in [-0.2, 0) is 27.8 Å². The molecule has 49 heavy (non-hydrogen) atoms. The van der Waals surface area contributed by atoms with Crippen molar-refractivity contribution >= 4 is 39.3 Å². The first kappa shape index (κ1) is 37.6. The molecule has 0 unspecified atom stereocenters. The van der Waals surface area contributed by atoms with E-state index < -0.39 is 46.2 Å². The average Bonchev–Trinajstić information content (AvgIpc) is 3.64. The number of carbonyl (C=O) groups is 3. The molecule has 1 fully saturated rings. The maximum atomic E-state index is 14.0. The van der Waals surface area contributed by atoms with Crippen molar-refractivity contribution in [1.29, 1.82) is 0 Å². The van der Waals surface area contributed by atoms with Crippen LogP contribution in [0.2, 0.25) is 0 Å². The lowest BCUT2D eigenvalue weighted by atomic mass is 10.00. The molecule has 3 atom stereocenters. The van der Waals surface area contributed by atoms with E-state index in [1.165, 1.54) is 39.8 Å². The van der Waals surface area contributed by atoms with Gasteiger partial charge in [0.2, 0.25) is 15.9 Å². The van der Waals surface area contributed by atoms with Crippen molar-refractivity contribution in [2.45, 2.75) is 56.8 Å². The number of hydrogen-bond acceptors (Lipinski definition) is 9. The van der Waals surface area contributed by atoms with Gasteiger partial charge in [-0.15, -0.1) is 11.3 Å². The lowest BCUT2D eigenvalue weighted by Gasteiger charge is -2.33. The summed E-state index contributed by atoms with van der Waals surface area (Å²) in [6.45, 7) is 5.93. The Bertz CT molecular complexity index is 1670. The molecule has 0 radical (unpaired) electrons. The average molecular weight is 716 g/mol. The van der Waals surface area contributed by atoms with Crippen LogP contribution in [0.1, 0.15) is 30.1 Å². The second kappa shape index (κ2) is 16.9. The van der Waals surface area contributed by atoms with E-state index in [0.29, 0.717) is 12.3 Å². The maximum absolute atomic E-state index is 14.0. The number of aromatic nitrogens is 1. The van der Waals surface area contributed by atoms with Gasteiger partial charge in [-0.2, -0.15) is 4.31 Å². The van der Waals surface area contributed by atoms with Crippen LogP contribution in [0.4, 0.5) is 9.59 Å². The largest absolute Gasteiger partial charge is 0.497 e. The predicted octanol–water partition coefficient (Wildman–Crippen LogP) is 2.17. The Labute approximate surface area is 291 Å². The summed E-state index contributed by atoms with van der Waals surface area (Å²) in [7, 11) is -2.57. The molecule has 5 N–H and O–H groups in total. The highest BCUT2D eigenvalue weighted by atomic mass is 32.2. The number of aliphatic hydroxyl groups is 1. The fourth-order valence-corrected chi connectivity index (χ4v) is 7.82. The highest BCUT2D eigenvalue weighted by molar-refractivity contribution is 7.89. The van der Waals surface area contributed by atoms with Gasteiger partial charge in [0.15, 0.2) is 0 Å². The third-order valence-corrected chi connectivity index (χ3v) is 10.7. The maximum Gasteiger partial charge on any atom is 0.321 e. The zero-order valence-electron chi connectivity index (χ0n) is 28.1. The fraction of sp³-hybridized carbons (Fsp3) is 0.455. The molecule has 0 spiro atoms. The minimum atomic E-state index is -4.06. The number of aliphatic hydroxyl groups excluding tert-OH is 1. The Morgan fingerprint density at radius 3 is 2.39 bits per heavy atom. The number of primary amides is 1. The fourth-order valence-electron chi connectivity index (χ4n) is 5.60. The summed E-state index contributed by atoms with van der Waals surface area (Å²) in [5.41, 5.74) is 6.86. The van der Waals surface area contributed by atoms with Crippen molar-refractivity contribution in [3.05, 3.63) is 76.2 Å². The van der Waals surface area contributed by atoms with Crippen molar-refractivity contribution in [3.63, 3.8) is 0 Å². The van der Waals surface area contributed by atoms with Crippen LogP contribution in [0.15, 0.2) is 64.9 Å². The predicted molar refractivity (Wildman–Crippen MR) is 185 cm³/mol. The van der Waals surface area contributed by atoms with Crippen LogP contribution >= 0.6 is 11.3 Å². The van der Waals surface area contributed by atoms with Gasteiger partial charge in [-0.05, 0) is 49.1 Å². The van der Waals surface area contributed by atoms with Gasteiger partial charge in [-0.3, -0.25) is 4.79 Å². The molecule has 1 aliphatic rings. The van der Waals surface area contributed by atoms with E-state index in [1.807, 2.05) is 56.5 Å². The summed E-state index contributed by atoms with van der Waals surface area (Å²) in [4.78, 5) is 46.6. The van der Waals surface area contributed by atoms with E-state index in [0.717, 1.165) is 16.3 Å². The summed E-state index contributed by atoms with van der Waals surface area (Å²) in [5, 5.41) is 19.8. The van der Waals surface area contributed by atoms with Gasteiger partial charge in [0.25, 0.3) is 0 Å². The number of nitrogens with two attached hydrogens (primary N) is 1. The molecule has 5 amide bonds. The van der Waals surface area contributed by atoms with E-state index in [4.69, 9.17) is 10.5 Å². The van der Waals surface area contributed by atoms with Crippen molar-refractivity contribution in [2.75, 3.05) is 39.8 Å². The molecule has 2 aromatic carbocycles. The third kappa shape index (κ3) is 10.1. The van der Waals surface area contributed by atoms with Crippen LogP contribution in [-0.4, -0.2) is 109 Å². The van der Waals surface area contributed by atoms with Crippen LogP contribution in [0.3, 0.4) is 0 Å². The molecule has 2 heterocycles. The van der Waals surface area contributed by atoms with Gasteiger partial charge in [-0.25, -0.2) is 23.0 Å². The Morgan fingerprint density at radius 2 is 1.80 bits per heavy atom. The Morgan fingerprint density at radius 1 is 1.10 bits per heavy atom. The molecule has 0 bridgehead atoms. The second-order valence-electron chi connectivity index (χ2n) is 12.3. The lowest BCUT2D eigenvalue weighted by molar-refractivity contribution is -0.126. The number of thiazole rings is 1. The van der Waals surface area contributed by atoms with Gasteiger partial charge in [0, 0.05) is 38.1 Å². The van der Waals surface area contributed by atoms with Gasteiger partial charge < -0.3 is 36.0 Å². The van der Waals surface area contributed by atoms with Crippen LogP contribution < -0.4 is 21.1 Å². The minimum Gasteiger partial charge on any atom is -0.497 e. The minimum absolute atomic E-state index is 0.0345. The van der Waals surface area contributed by atoms with Crippen molar-refractivity contribution in [2.24, 2.45) is 11.7 Å². The molecule has 0 saturated carbocycles. The Kier molecular flexibility index (Phi) is 13.0. The molecule has 266 valence electrons.